The van der Waals surface area contributed by atoms with Gasteiger partial charge in [0.1, 0.15) is 6.10 Å². The standard InChI is InChI=1S/C12H10F6O5/c13-11(14,15)10(12(16,17)18)23-9(21)4-2-1-3-5(4)8(20)22-7(3)6(2)19/h2-7,10,19H,1H2. The number of carbonyl (C=O) groups is 2. The highest BCUT2D eigenvalue weighted by Gasteiger charge is 2.70. The Balaban J connectivity index is 1.82. The molecule has 0 amide bonds. The quantitative estimate of drug-likeness (QED) is 0.600. The summed E-state index contributed by atoms with van der Waals surface area (Å²) >= 11 is 0. The molecule has 1 N–H and O–H groups in total. The molecular formula is C12H10F6O5. The number of hydrogen-bond donors (Lipinski definition) is 1. The third-order valence-electron chi connectivity index (χ3n) is 4.68. The number of halogens is 6. The maximum Gasteiger partial charge on any atom is 0.434 e. The topological polar surface area (TPSA) is 72.8 Å². The molecule has 3 fully saturated rings. The van der Waals surface area contributed by atoms with E-state index in [-0.39, 0.29) is 6.42 Å². The molecule has 6 atom stereocenters. The molecule has 0 aromatic carbocycles. The van der Waals surface area contributed by atoms with Crippen molar-refractivity contribution < 1.29 is 50.5 Å². The Morgan fingerprint density at radius 1 is 1.17 bits per heavy atom. The fraction of sp³-hybridized carbons (Fsp3) is 0.833. The summed E-state index contributed by atoms with van der Waals surface area (Å²) < 4.78 is 83.2. The highest BCUT2D eigenvalue weighted by Crippen LogP contribution is 2.58. The number of hydrogen-bond acceptors (Lipinski definition) is 5. The van der Waals surface area contributed by atoms with E-state index in [2.05, 4.69) is 4.74 Å². The highest BCUT2D eigenvalue weighted by atomic mass is 19.4. The van der Waals surface area contributed by atoms with E-state index in [1.807, 2.05) is 0 Å². The summed E-state index contributed by atoms with van der Waals surface area (Å²) in [6.45, 7) is 0. The molecule has 2 bridgehead atoms. The van der Waals surface area contributed by atoms with Gasteiger partial charge in [-0.2, -0.15) is 26.3 Å². The lowest BCUT2D eigenvalue weighted by Crippen LogP contribution is -2.49. The van der Waals surface area contributed by atoms with E-state index in [9.17, 15) is 41.0 Å². The second-order valence-corrected chi connectivity index (χ2v) is 5.91. The van der Waals surface area contributed by atoms with Crippen molar-refractivity contribution in [1.29, 1.82) is 0 Å². The Labute approximate surface area is 124 Å². The Morgan fingerprint density at radius 2 is 1.74 bits per heavy atom. The zero-order valence-corrected chi connectivity index (χ0v) is 11.1. The minimum Gasteiger partial charge on any atom is -0.459 e. The molecule has 1 heterocycles. The van der Waals surface area contributed by atoms with Crippen LogP contribution in [-0.4, -0.2) is 47.7 Å². The lowest BCUT2D eigenvalue weighted by atomic mass is 9.78. The van der Waals surface area contributed by atoms with Gasteiger partial charge in [0.25, 0.3) is 6.10 Å². The van der Waals surface area contributed by atoms with Crippen LogP contribution in [0.3, 0.4) is 0 Å². The molecule has 5 nitrogen and oxygen atoms in total. The van der Waals surface area contributed by atoms with Crippen molar-refractivity contribution in [3.8, 4) is 0 Å². The summed E-state index contributed by atoms with van der Waals surface area (Å²) in [5.74, 6) is -6.96. The van der Waals surface area contributed by atoms with Gasteiger partial charge in [0.2, 0.25) is 0 Å². The maximum absolute atomic E-state index is 12.5. The van der Waals surface area contributed by atoms with E-state index in [1.165, 1.54) is 0 Å². The third-order valence-corrected chi connectivity index (χ3v) is 4.68. The number of alkyl halides is 6. The molecule has 130 valence electrons. The van der Waals surface area contributed by atoms with Gasteiger partial charge >= 0.3 is 24.3 Å². The van der Waals surface area contributed by atoms with E-state index in [1.54, 1.807) is 0 Å². The van der Waals surface area contributed by atoms with Crippen molar-refractivity contribution in [2.45, 2.75) is 37.1 Å². The zero-order valence-electron chi connectivity index (χ0n) is 11.1. The Bertz CT molecular complexity index is 529. The van der Waals surface area contributed by atoms with Crippen LogP contribution in [0.25, 0.3) is 0 Å². The van der Waals surface area contributed by atoms with Crippen molar-refractivity contribution >= 4 is 11.9 Å². The molecule has 23 heavy (non-hydrogen) atoms. The largest absolute Gasteiger partial charge is 0.459 e. The van der Waals surface area contributed by atoms with Crippen LogP contribution in [0.2, 0.25) is 0 Å². The molecule has 11 heteroatoms. The fourth-order valence-corrected chi connectivity index (χ4v) is 3.85. The van der Waals surface area contributed by atoms with Crippen LogP contribution in [-0.2, 0) is 19.1 Å². The van der Waals surface area contributed by atoms with E-state index in [0.29, 0.717) is 0 Å². The smallest absolute Gasteiger partial charge is 0.434 e. The maximum atomic E-state index is 12.5. The number of esters is 2. The second-order valence-electron chi connectivity index (χ2n) is 5.91. The first kappa shape index (κ1) is 16.3. The third kappa shape index (κ3) is 2.36. The van der Waals surface area contributed by atoms with Crippen molar-refractivity contribution in [3.63, 3.8) is 0 Å². The van der Waals surface area contributed by atoms with Crippen molar-refractivity contribution in [1.82, 2.24) is 0 Å². The van der Waals surface area contributed by atoms with Crippen LogP contribution in [0, 0.1) is 23.7 Å². The normalized spacial score (nSPS) is 39.0. The number of aliphatic hydroxyl groups excluding tert-OH is 1. The van der Waals surface area contributed by atoms with Crippen LogP contribution < -0.4 is 0 Å². The monoisotopic (exact) mass is 348 g/mol. The van der Waals surface area contributed by atoms with Crippen LogP contribution in [0.15, 0.2) is 0 Å². The predicted octanol–water partition coefficient (Wildman–Crippen LogP) is 1.19. The van der Waals surface area contributed by atoms with Crippen LogP contribution in [0.5, 0.6) is 0 Å². The fourth-order valence-electron chi connectivity index (χ4n) is 3.85. The molecule has 2 saturated carbocycles. The first-order valence-electron chi connectivity index (χ1n) is 6.65. The van der Waals surface area contributed by atoms with Gasteiger partial charge in [0.15, 0.2) is 0 Å². The number of ether oxygens (including phenoxy) is 2. The summed E-state index contributed by atoms with van der Waals surface area (Å²) in [6, 6.07) is 0. The Morgan fingerprint density at radius 3 is 2.26 bits per heavy atom. The van der Waals surface area contributed by atoms with Gasteiger partial charge in [-0.3, -0.25) is 9.59 Å². The zero-order chi connectivity index (χ0) is 17.3. The average molecular weight is 348 g/mol. The van der Waals surface area contributed by atoms with Gasteiger partial charge in [-0.05, 0) is 6.42 Å². The van der Waals surface area contributed by atoms with Gasteiger partial charge in [0.05, 0.1) is 17.9 Å². The molecule has 0 aromatic heterocycles. The van der Waals surface area contributed by atoms with Gasteiger partial charge in [-0.15, -0.1) is 0 Å². The minimum atomic E-state index is -5.83. The molecule has 1 saturated heterocycles. The lowest BCUT2D eigenvalue weighted by molar-refractivity contribution is -0.315. The van der Waals surface area contributed by atoms with Crippen molar-refractivity contribution in [2.75, 3.05) is 0 Å². The summed E-state index contributed by atoms with van der Waals surface area (Å²) in [5.41, 5.74) is 0. The van der Waals surface area contributed by atoms with Gasteiger partial charge in [-0.1, -0.05) is 0 Å². The average Bonchev–Trinajstić information content (AvgIpc) is 2.96. The number of aliphatic hydroxyl groups is 1. The van der Waals surface area contributed by atoms with E-state index >= 15 is 0 Å². The van der Waals surface area contributed by atoms with E-state index < -0.39 is 66.3 Å². The summed E-state index contributed by atoms with van der Waals surface area (Å²) in [7, 11) is 0. The molecule has 0 radical (unpaired) electrons. The summed E-state index contributed by atoms with van der Waals surface area (Å²) in [5, 5.41) is 9.87. The van der Waals surface area contributed by atoms with Crippen LogP contribution in [0.1, 0.15) is 6.42 Å². The SMILES string of the molecule is O=C(OC(C(F)(F)F)C(F)(F)F)C1C2CC3C(OC(=O)C31)C2O. The van der Waals surface area contributed by atoms with Gasteiger partial charge in [-0.25, -0.2) is 0 Å². The molecular weight excluding hydrogens is 338 g/mol. The first-order chi connectivity index (χ1) is 10.4. The molecule has 3 aliphatic rings. The van der Waals surface area contributed by atoms with Gasteiger partial charge in [0, 0.05) is 11.8 Å². The first-order valence-corrected chi connectivity index (χ1v) is 6.65. The molecule has 2 aliphatic carbocycles. The molecule has 0 aromatic rings. The number of carbonyl (C=O) groups excluding carboxylic acids is 2. The van der Waals surface area contributed by atoms with Crippen molar-refractivity contribution in [2.24, 2.45) is 23.7 Å². The van der Waals surface area contributed by atoms with E-state index in [4.69, 9.17) is 4.74 Å². The molecule has 6 unspecified atom stereocenters. The summed E-state index contributed by atoms with van der Waals surface area (Å²) in [6.07, 6.45) is -18.0. The number of fused-ring (bicyclic) bond motifs is 1. The molecule has 1 aliphatic heterocycles. The lowest BCUT2D eigenvalue weighted by Gasteiger charge is -2.29. The second kappa shape index (κ2) is 4.74. The number of rotatable bonds is 2. The van der Waals surface area contributed by atoms with Gasteiger partial charge < -0.3 is 14.6 Å². The molecule has 0 spiro atoms. The Kier molecular flexibility index (Phi) is 3.37. The predicted molar refractivity (Wildman–Crippen MR) is 56.5 cm³/mol. The minimum absolute atomic E-state index is 0.116. The molecule has 3 rings (SSSR count). The van der Waals surface area contributed by atoms with Crippen LogP contribution >= 0.6 is 0 Å². The van der Waals surface area contributed by atoms with E-state index in [0.717, 1.165) is 0 Å². The highest BCUT2D eigenvalue weighted by molar-refractivity contribution is 5.86. The summed E-state index contributed by atoms with van der Waals surface area (Å²) in [4.78, 5) is 23.5. The Hall–Kier alpha value is -1.52. The van der Waals surface area contributed by atoms with Crippen LogP contribution in [0.4, 0.5) is 26.3 Å². The van der Waals surface area contributed by atoms with Crippen molar-refractivity contribution in [3.05, 3.63) is 0 Å².